The summed E-state index contributed by atoms with van der Waals surface area (Å²) >= 11 is 1.81. The second-order valence-electron chi connectivity index (χ2n) is 5.12. The lowest BCUT2D eigenvalue weighted by atomic mass is 10.00. The quantitative estimate of drug-likeness (QED) is 0.897. The Morgan fingerprint density at radius 1 is 1.29 bits per heavy atom. The van der Waals surface area contributed by atoms with Gasteiger partial charge in [0.1, 0.15) is 5.01 Å². The van der Waals surface area contributed by atoms with Gasteiger partial charge in [-0.05, 0) is 40.5 Å². The number of hydrogen-bond acceptors (Lipinski definition) is 4. The van der Waals surface area contributed by atoms with Crippen LogP contribution in [-0.4, -0.2) is 22.1 Å². The standard InChI is InChI=1S/C13H23N3S/c1-9-6-5-7-10(2)16(9)14-8-13-15-11(3)12(4)17-13/h9-10,14H,5-8H2,1-4H3. The summed E-state index contributed by atoms with van der Waals surface area (Å²) in [4.78, 5) is 5.91. The molecular weight excluding hydrogens is 230 g/mol. The zero-order valence-corrected chi connectivity index (χ0v) is 12.1. The predicted octanol–water partition coefficient (Wildman–Crippen LogP) is 3.03. The van der Waals surface area contributed by atoms with Gasteiger partial charge in [0.25, 0.3) is 0 Å². The highest BCUT2D eigenvalue weighted by Gasteiger charge is 2.24. The molecule has 1 N–H and O–H groups in total. The van der Waals surface area contributed by atoms with Crippen molar-refractivity contribution in [2.75, 3.05) is 0 Å². The van der Waals surface area contributed by atoms with Crippen LogP contribution in [0, 0.1) is 13.8 Å². The van der Waals surface area contributed by atoms with Crippen molar-refractivity contribution in [1.82, 2.24) is 15.4 Å². The molecule has 17 heavy (non-hydrogen) atoms. The number of nitrogens with zero attached hydrogens (tertiary/aromatic N) is 2. The third-order valence-corrected chi connectivity index (χ3v) is 4.75. The van der Waals surface area contributed by atoms with E-state index in [0.29, 0.717) is 12.1 Å². The molecule has 0 aromatic carbocycles. The number of piperidine rings is 1. The van der Waals surface area contributed by atoms with Gasteiger partial charge in [0.2, 0.25) is 0 Å². The molecule has 3 nitrogen and oxygen atoms in total. The highest BCUT2D eigenvalue weighted by molar-refractivity contribution is 7.11. The van der Waals surface area contributed by atoms with Crippen LogP contribution < -0.4 is 5.43 Å². The van der Waals surface area contributed by atoms with Gasteiger partial charge in [-0.15, -0.1) is 11.3 Å². The molecule has 0 spiro atoms. The molecular formula is C13H23N3S. The molecule has 1 aromatic rings. The maximum absolute atomic E-state index is 4.57. The molecule has 0 radical (unpaired) electrons. The van der Waals surface area contributed by atoms with Gasteiger partial charge in [-0.1, -0.05) is 6.42 Å². The number of hydrazine groups is 1. The smallest absolute Gasteiger partial charge is 0.108 e. The van der Waals surface area contributed by atoms with Gasteiger partial charge in [-0.3, -0.25) is 0 Å². The molecule has 0 saturated carbocycles. The number of hydrogen-bond donors (Lipinski definition) is 1. The molecule has 2 atom stereocenters. The average Bonchev–Trinajstić information content (AvgIpc) is 2.58. The topological polar surface area (TPSA) is 28.2 Å². The first-order valence-corrected chi connectivity index (χ1v) is 7.34. The Bertz CT molecular complexity index is 345. The predicted molar refractivity (Wildman–Crippen MR) is 73.0 cm³/mol. The van der Waals surface area contributed by atoms with E-state index >= 15 is 0 Å². The SMILES string of the molecule is Cc1nc(CNN2C(C)CCCC2C)sc1C. The first-order chi connectivity index (χ1) is 8.08. The maximum atomic E-state index is 4.57. The van der Waals surface area contributed by atoms with E-state index in [9.17, 15) is 0 Å². The van der Waals surface area contributed by atoms with Gasteiger partial charge in [-0.2, -0.15) is 0 Å². The molecule has 96 valence electrons. The molecule has 0 amide bonds. The fourth-order valence-electron chi connectivity index (χ4n) is 2.51. The van der Waals surface area contributed by atoms with Gasteiger partial charge in [0.05, 0.1) is 12.2 Å². The summed E-state index contributed by atoms with van der Waals surface area (Å²) < 4.78 is 0. The van der Waals surface area contributed by atoms with E-state index in [4.69, 9.17) is 0 Å². The van der Waals surface area contributed by atoms with Crippen molar-refractivity contribution in [3.63, 3.8) is 0 Å². The molecule has 1 aliphatic heterocycles. The zero-order chi connectivity index (χ0) is 12.4. The zero-order valence-electron chi connectivity index (χ0n) is 11.3. The normalized spacial score (nSPS) is 26.4. The van der Waals surface area contributed by atoms with E-state index in [2.05, 4.69) is 43.1 Å². The third kappa shape index (κ3) is 3.06. The molecule has 1 fully saturated rings. The third-order valence-electron chi connectivity index (χ3n) is 3.68. The van der Waals surface area contributed by atoms with Crippen LogP contribution in [0.3, 0.4) is 0 Å². The molecule has 2 unspecified atom stereocenters. The van der Waals surface area contributed by atoms with E-state index in [1.54, 1.807) is 11.3 Å². The first-order valence-electron chi connectivity index (χ1n) is 6.52. The van der Waals surface area contributed by atoms with Crippen molar-refractivity contribution in [2.45, 2.75) is 65.6 Å². The maximum Gasteiger partial charge on any atom is 0.108 e. The second kappa shape index (κ2) is 5.46. The summed E-state index contributed by atoms with van der Waals surface area (Å²) in [5, 5.41) is 3.61. The van der Waals surface area contributed by atoms with Crippen LogP contribution in [0.4, 0.5) is 0 Å². The molecule has 1 aromatic heterocycles. The number of rotatable bonds is 3. The first kappa shape index (κ1) is 13.0. The molecule has 4 heteroatoms. The van der Waals surface area contributed by atoms with Crippen molar-refractivity contribution in [3.8, 4) is 0 Å². The summed E-state index contributed by atoms with van der Waals surface area (Å²) in [7, 11) is 0. The number of aryl methyl sites for hydroxylation is 2. The van der Waals surface area contributed by atoms with Crippen molar-refractivity contribution in [1.29, 1.82) is 0 Å². The average molecular weight is 253 g/mol. The summed E-state index contributed by atoms with van der Waals surface area (Å²) in [6.07, 6.45) is 3.95. The molecule has 1 saturated heterocycles. The van der Waals surface area contributed by atoms with E-state index < -0.39 is 0 Å². The van der Waals surface area contributed by atoms with Crippen LogP contribution in [0.15, 0.2) is 0 Å². The van der Waals surface area contributed by atoms with Crippen LogP contribution in [0.25, 0.3) is 0 Å². The van der Waals surface area contributed by atoms with E-state index in [0.717, 1.165) is 6.54 Å². The van der Waals surface area contributed by atoms with Gasteiger partial charge < -0.3 is 0 Å². The van der Waals surface area contributed by atoms with Gasteiger partial charge in [0.15, 0.2) is 0 Å². The minimum atomic E-state index is 0.640. The number of nitrogens with one attached hydrogen (secondary N) is 1. The van der Waals surface area contributed by atoms with Gasteiger partial charge >= 0.3 is 0 Å². The van der Waals surface area contributed by atoms with Gasteiger partial charge in [-0.25, -0.2) is 15.4 Å². The number of thiazole rings is 1. The summed E-state index contributed by atoms with van der Waals surface area (Å²) in [6, 6.07) is 1.28. The Morgan fingerprint density at radius 3 is 2.47 bits per heavy atom. The van der Waals surface area contributed by atoms with E-state index in [-0.39, 0.29) is 0 Å². The molecule has 0 bridgehead atoms. The van der Waals surface area contributed by atoms with E-state index in [1.807, 2.05) is 0 Å². The Hall–Kier alpha value is -0.450. The summed E-state index contributed by atoms with van der Waals surface area (Å²) in [6.45, 7) is 9.71. The highest BCUT2D eigenvalue weighted by atomic mass is 32.1. The molecule has 1 aliphatic rings. The van der Waals surface area contributed by atoms with Crippen molar-refractivity contribution in [3.05, 3.63) is 15.6 Å². The highest BCUT2D eigenvalue weighted by Crippen LogP contribution is 2.21. The Labute approximate surface area is 108 Å². The van der Waals surface area contributed by atoms with Gasteiger partial charge in [0, 0.05) is 17.0 Å². The Kier molecular flexibility index (Phi) is 4.17. The Morgan fingerprint density at radius 2 is 1.94 bits per heavy atom. The minimum Gasteiger partial charge on any atom is -0.248 e. The lowest BCUT2D eigenvalue weighted by molar-refractivity contribution is 0.0435. The Balaban J connectivity index is 1.92. The van der Waals surface area contributed by atoms with Crippen LogP contribution in [-0.2, 0) is 6.54 Å². The molecule has 0 aliphatic carbocycles. The summed E-state index contributed by atoms with van der Waals surface area (Å²) in [5.41, 5.74) is 4.73. The van der Waals surface area contributed by atoms with Crippen LogP contribution in [0.2, 0.25) is 0 Å². The van der Waals surface area contributed by atoms with Crippen LogP contribution in [0.5, 0.6) is 0 Å². The van der Waals surface area contributed by atoms with Crippen LogP contribution in [0.1, 0.15) is 48.7 Å². The van der Waals surface area contributed by atoms with Crippen LogP contribution >= 0.6 is 11.3 Å². The minimum absolute atomic E-state index is 0.640. The largest absolute Gasteiger partial charge is 0.248 e. The fraction of sp³-hybridized carbons (Fsp3) is 0.769. The lowest BCUT2D eigenvalue weighted by Gasteiger charge is -2.38. The summed E-state index contributed by atoms with van der Waals surface area (Å²) in [5.74, 6) is 0. The fourth-order valence-corrected chi connectivity index (χ4v) is 3.37. The monoisotopic (exact) mass is 253 g/mol. The van der Waals surface area contributed by atoms with Crippen molar-refractivity contribution in [2.24, 2.45) is 0 Å². The van der Waals surface area contributed by atoms with Crippen molar-refractivity contribution < 1.29 is 0 Å². The second-order valence-corrected chi connectivity index (χ2v) is 6.41. The molecule has 2 rings (SSSR count). The molecule has 2 heterocycles. The van der Waals surface area contributed by atoms with Crippen molar-refractivity contribution >= 4 is 11.3 Å². The number of aromatic nitrogens is 1. The van der Waals surface area contributed by atoms with E-state index in [1.165, 1.54) is 34.8 Å². The lowest BCUT2D eigenvalue weighted by Crippen LogP contribution is -2.51.